The number of nitro groups is 1. The highest BCUT2D eigenvalue weighted by molar-refractivity contribution is 7.16. The second-order valence-electron chi connectivity index (χ2n) is 3.29. The molecule has 0 saturated heterocycles. The van der Waals surface area contributed by atoms with Crippen LogP contribution in [0.5, 0.6) is 0 Å². The first-order chi connectivity index (χ1) is 8.56. The minimum Gasteiger partial charge on any atom is -0.258 e. The molecular formula is C11H6Cl2N2O2S. The third kappa shape index (κ3) is 3.07. The van der Waals surface area contributed by atoms with Gasteiger partial charge in [0.05, 0.1) is 20.5 Å². The van der Waals surface area contributed by atoms with E-state index >= 15 is 0 Å². The van der Waals surface area contributed by atoms with Crippen molar-refractivity contribution in [1.29, 1.82) is 0 Å². The van der Waals surface area contributed by atoms with Gasteiger partial charge in [-0.3, -0.25) is 15.1 Å². The van der Waals surface area contributed by atoms with Crippen LogP contribution < -0.4 is 0 Å². The van der Waals surface area contributed by atoms with Gasteiger partial charge in [0.1, 0.15) is 0 Å². The van der Waals surface area contributed by atoms with Gasteiger partial charge in [-0.1, -0.05) is 34.5 Å². The summed E-state index contributed by atoms with van der Waals surface area (Å²) >= 11 is 12.8. The second-order valence-corrected chi connectivity index (χ2v) is 5.22. The lowest BCUT2D eigenvalue weighted by Crippen LogP contribution is -1.80. The molecule has 0 amide bonds. The van der Waals surface area contributed by atoms with Gasteiger partial charge < -0.3 is 0 Å². The summed E-state index contributed by atoms with van der Waals surface area (Å²) < 4.78 is 0. The number of benzene rings is 1. The van der Waals surface area contributed by atoms with Crippen molar-refractivity contribution in [3.8, 4) is 0 Å². The molecule has 1 aromatic carbocycles. The maximum atomic E-state index is 10.5. The predicted molar refractivity (Wildman–Crippen MR) is 74.7 cm³/mol. The number of halogens is 2. The van der Waals surface area contributed by atoms with Gasteiger partial charge in [-0.2, -0.15) is 0 Å². The molecule has 2 aromatic rings. The highest BCUT2D eigenvalue weighted by atomic mass is 35.5. The summed E-state index contributed by atoms with van der Waals surface area (Å²) in [7, 11) is 0. The van der Waals surface area contributed by atoms with E-state index in [0.29, 0.717) is 20.6 Å². The van der Waals surface area contributed by atoms with Crippen LogP contribution in [0.3, 0.4) is 0 Å². The van der Waals surface area contributed by atoms with E-state index in [2.05, 4.69) is 4.99 Å². The van der Waals surface area contributed by atoms with Crippen molar-refractivity contribution in [3.05, 3.63) is 55.4 Å². The molecule has 0 unspecified atom stereocenters. The van der Waals surface area contributed by atoms with Gasteiger partial charge in [0.2, 0.25) is 0 Å². The first kappa shape index (κ1) is 13.0. The molecule has 2 rings (SSSR count). The summed E-state index contributed by atoms with van der Waals surface area (Å²) in [5.41, 5.74) is 0.528. The van der Waals surface area contributed by atoms with Crippen LogP contribution >= 0.6 is 34.5 Å². The molecule has 1 aromatic heterocycles. The topological polar surface area (TPSA) is 55.5 Å². The van der Waals surface area contributed by atoms with Crippen molar-refractivity contribution in [3.63, 3.8) is 0 Å². The van der Waals surface area contributed by atoms with Gasteiger partial charge in [0.15, 0.2) is 0 Å². The molecule has 0 atom stereocenters. The van der Waals surface area contributed by atoms with Gasteiger partial charge in [-0.15, -0.1) is 0 Å². The number of hydrogen-bond acceptors (Lipinski definition) is 4. The van der Waals surface area contributed by atoms with E-state index in [1.807, 2.05) is 0 Å². The lowest BCUT2D eigenvalue weighted by Gasteiger charge is -1.97. The molecule has 1 heterocycles. The molecule has 4 nitrogen and oxygen atoms in total. The fraction of sp³-hybridized carbons (Fsp3) is 0. The molecule has 92 valence electrons. The molecule has 0 aliphatic heterocycles. The van der Waals surface area contributed by atoms with E-state index in [9.17, 15) is 10.1 Å². The zero-order valence-electron chi connectivity index (χ0n) is 8.84. The summed E-state index contributed by atoms with van der Waals surface area (Å²) in [6, 6.07) is 8.01. The average Bonchev–Trinajstić information content (AvgIpc) is 2.79. The molecule has 0 fully saturated rings. The van der Waals surface area contributed by atoms with Crippen molar-refractivity contribution in [2.75, 3.05) is 0 Å². The van der Waals surface area contributed by atoms with Crippen molar-refractivity contribution >= 4 is 51.4 Å². The van der Waals surface area contributed by atoms with Crippen molar-refractivity contribution in [2.24, 2.45) is 4.99 Å². The Morgan fingerprint density at radius 1 is 1.28 bits per heavy atom. The third-order valence-electron chi connectivity index (χ3n) is 2.03. The predicted octanol–water partition coefficient (Wildman–Crippen LogP) is 4.71. The van der Waals surface area contributed by atoms with Crippen LogP contribution in [0.2, 0.25) is 10.0 Å². The molecule has 0 radical (unpaired) electrons. The smallest absolute Gasteiger partial charge is 0.258 e. The van der Waals surface area contributed by atoms with Crippen LogP contribution in [0.15, 0.2) is 35.3 Å². The zero-order valence-corrected chi connectivity index (χ0v) is 11.2. The fourth-order valence-electron chi connectivity index (χ4n) is 1.23. The maximum Gasteiger partial charge on any atom is 0.324 e. The lowest BCUT2D eigenvalue weighted by molar-refractivity contribution is -0.380. The van der Waals surface area contributed by atoms with E-state index in [1.54, 1.807) is 24.3 Å². The number of aliphatic imine (C=N–C) groups is 1. The Balaban J connectivity index is 2.24. The molecule has 0 bridgehead atoms. The zero-order chi connectivity index (χ0) is 13.1. The SMILES string of the molecule is O=[N+]([O-])c1ccc(C=Nc2cc(Cl)ccc2Cl)s1. The van der Waals surface area contributed by atoms with Gasteiger partial charge in [0, 0.05) is 17.3 Å². The average molecular weight is 301 g/mol. The van der Waals surface area contributed by atoms with Crippen LogP contribution in [-0.2, 0) is 0 Å². The van der Waals surface area contributed by atoms with Crippen LogP contribution in [0.4, 0.5) is 10.7 Å². The molecule has 0 aliphatic carbocycles. The van der Waals surface area contributed by atoms with Crippen molar-refractivity contribution < 1.29 is 4.92 Å². The van der Waals surface area contributed by atoms with Gasteiger partial charge in [-0.05, 0) is 24.3 Å². The summed E-state index contributed by atoms with van der Waals surface area (Å²) in [6.45, 7) is 0. The Morgan fingerprint density at radius 3 is 2.72 bits per heavy atom. The monoisotopic (exact) mass is 300 g/mol. The quantitative estimate of drug-likeness (QED) is 0.468. The highest BCUT2D eigenvalue weighted by Crippen LogP contribution is 2.29. The summed E-state index contributed by atoms with van der Waals surface area (Å²) in [4.78, 5) is 14.9. The second kappa shape index (κ2) is 5.48. The first-order valence-electron chi connectivity index (χ1n) is 4.79. The first-order valence-corrected chi connectivity index (χ1v) is 6.37. The molecule has 0 N–H and O–H groups in total. The van der Waals surface area contributed by atoms with Crippen LogP contribution in [0.25, 0.3) is 0 Å². The Labute approximate surface area is 117 Å². The Kier molecular flexibility index (Phi) is 3.96. The molecule has 0 aliphatic rings. The maximum absolute atomic E-state index is 10.5. The lowest BCUT2D eigenvalue weighted by atomic mass is 10.3. The standard InChI is InChI=1S/C11H6Cl2N2O2S/c12-7-1-3-9(13)10(5-7)14-6-8-2-4-11(18-8)15(16)17/h1-6H. The van der Waals surface area contributed by atoms with E-state index in [1.165, 1.54) is 12.3 Å². The number of thiophene rings is 1. The Morgan fingerprint density at radius 2 is 2.06 bits per heavy atom. The highest BCUT2D eigenvalue weighted by Gasteiger charge is 2.08. The Hall–Kier alpha value is -1.43. The van der Waals surface area contributed by atoms with Crippen molar-refractivity contribution in [1.82, 2.24) is 0 Å². The molecule has 0 spiro atoms. The third-order valence-corrected chi connectivity index (χ3v) is 3.56. The molecule has 18 heavy (non-hydrogen) atoms. The van der Waals surface area contributed by atoms with Gasteiger partial charge >= 0.3 is 5.00 Å². The van der Waals surface area contributed by atoms with Gasteiger partial charge in [0.25, 0.3) is 0 Å². The van der Waals surface area contributed by atoms with E-state index in [-0.39, 0.29) is 5.00 Å². The number of rotatable bonds is 3. The minimum atomic E-state index is -0.436. The van der Waals surface area contributed by atoms with Gasteiger partial charge in [-0.25, -0.2) is 0 Å². The van der Waals surface area contributed by atoms with E-state index in [0.717, 1.165) is 11.3 Å². The molecule has 7 heteroatoms. The Bertz CT molecular complexity index is 625. The van der Waals surface area contributed by atoms with E-state index in [4.69, 9.17) is 23.2 Å². The van der Waals surface area contributed by atoms with Crippen LogP contribution in [0, 0.1) is 10.1 Å². The largest absolute Gasteiger partial charge is 0.324 e. The number of nitrogens with zero attached hydrogens (tertiary/aromatic N) is 2. The van der Waals surface area contributed by atoms with Crippen molar-refractivity contribution in [2.45, 2.75) is 0 Å². The van der Waals surface area contributed by atoms with Crippen LogP contribution in [-0.4, -0.2) is 11.1 Å². The summed E-state index contributed by atoms with van der Waals surface area (Å²) in [5.74, 6) is 0. The van der Waals surface area contributed by atoms with E-state index < -0.39 is 4.92 Å². The summed E-state index contributed by atoms with van der Waals surface area (Å²) in [5, 5.41) is 11.6. The molecule has 0 saturated carbocycles. The molecular weight excluding hydrogens is 295 g/mol. The normalized spacial score (nSPS) is 11.0. The fourth-order valence-corrected chi connectivity index (χ4v) is 2.25. The summed E-state index contributed by atoms with van der Waals surface area (Å²) in [6.07, 6.45) is 1.52. The minimum absolute atomic E-state index is 0.0774. The number of hydrogen-bond donors (Lipinski definition) is 0. The van der Waals surface area contributed by atoms with Crippen LogP contribution in [0.1, 0.15) is 4.88 Å².